The summed E-state index contributed by atoms with van der Waals surface area (Å²) < 4.78 is 75.5. The summed E-state index contributed by atoms with van der Waals surface area (Å²) in [6.07, 6.45) is 0.113. The number of hydrogen-bond acceptors (Lipinski definition) is 5. The van der Waals surface area contributed by atoms with E-state index in [1.165, 1.54) is 24.3 Å². The van der Waals surface area contributed by atoms with E-state index in [1.54, 1.807) is 49.4 Å². The van der Waals surface area contributed by atoms with Crippen LogP contribution in [0.4, 0.5) is 18.9 Å². The number of carbonyl (C=O) groups excluding carboxylic acids is 1. The second kappa shape index (κ2) is 11.8. The van der Waals surface area contributed by atoms with Gasteiger partial charge in [-0.2, -0.15) is 0 Å². The van der Waals surface area contributed by atoms with Gasteiger partial charge in [0, 0.05) is 18.6 Å². The number of anilines is 1. The van der Waals surface area contributed by atoms with Crippen molar-refractivity contribution in [1.29, 1.82) is 0 Å². The molecule has 12 heteroatoms. The number of amides is 1. The number of aryl methyl sites for hydroxylation is 1. The maximum atomic E-state index is 13.9. The molecular formula is C31H25F3N2O6S. The minimum absolute atomic E-state index is 0.0392. The highest BCUT2D eigenvalue weighted by molar-refractivity contribution is 7.93. The Hall–Kier alpha value is -4.84. The summed E-state index contributed by atoms with van der Waals surface area (Å²) >= 11 is 0. The molecule has 0 spiro atoms. The number of para-hydroxylation sites is 1. The fourth-order valence-electron chi connectivity index (χ4n) is 5.02. The third-order valence-electron chi connectivity index (χ3n) is 7.04. The van der Waals surface area contributed by atoms with E-state index in [1.807, 2.05) is 0 Å². The van der Waals surface area contributed by atoms with Crippen LogP contribution in [0.1, 0.15) is 21.5 Å². The lowest BCUT2D eigenvalue weighted by Gasteiger charge is -2.26. The number of sulfonamides is 1. The van der Waals surface area contributed by atoms with E-state index in [2.05, 4.69) is 5.32 Å². The summed E-state index contributed by atoms with van der Waals surface area (Å²) in [5, 5.41) is 11.5. The van der Waals surface area contributed by atoms with Crippen molar-refractivity contribution in [3.05, 3.63) is 113 Å². The molecule has 4 aromatic carbocycles. The third kappa shape index (κ3) is 5.91. The Kier molecular flexibility index (Phi) is 8.14. The lowest BCUT2D eigenvalue weighted by Crippen LogP contribution is -2.48. The average Bonchev–Trinajstić information content (AvgIpc) is 3.36. The number of hydrogen-bond donors (Lipinski definition) is 2. The Bertz CT molecular complexity index is 1810. The van der Waals surface area contributed by atoms with E-state index in [4.69, 9.17) is 9.84 Å². The molecule has 8 nitrogen and oxygen atoms in total. The molecular weight excluding hydrogens is 585 g/mol. The van der Waals surface area contributed by atoms with Gasteiger partial charge in [0.15, 0.2) is 0 Å². The van der Waals surface area contributed by atoms with Gasteiger partial charge in [-0.25, -0.2) is 26.4 Å². The lowest BCUT2D eigenvalue weighted by molar-refractivity contribution is -0.122. The molecule has 0 unspecified atom stereocenters. The minimum atomic E-state index is -4.21. The van der Waals surface area contributed by atoms with Crippen LogP contribution < -0.4 is 14.4 Å². The minimum Gasteiger partial charge on any atom is -0.492 e. The first-order chi connectivity index (χ1) is 20.5. The van der Waals surface area contributed by atoms with Gasteiger partial charge in [-0.05, 0) is 59.5 Å². The number of aromatic carboxylic acids is 1. The van der Waals surface area contributed by atoms with Crippen molar-refractivity contribution in [3.63, 3.8) is 0 Å². The second-order valence-electron chi connectivity index (χ2n) is 9.84. The first-order valence-electron chi connectivity index (χ1n) is 13.1. The fraction of sp³-hybridized carbons (Fsp3) is 0.161. The fourth-order valence-corrected chi connectivity index (χ4v) is 6.67. The summed E-state index contributed by atoms with van der Waals surface area (Å²) in [6, 6.07) is 17.5. The molecule has 0 radical (unpaired) electrons. The van der Waals surface area contributed by atoms with Gasteiger partial charge in [0.1, 0.15) is 41.4 Å². The van der Waals surface area contributed by atoms with Gasteiger partial charge in [0.2, 0.25) is 5.91 Å². The largest absolute Gasteiger partial charge is 0.492 e. The van der Waals surface area contributed by atoms with Crippen molar-refractivity contribution in [2.45, 2.75) is 24.3 Å². The standard InChI is InChI=1S/C31H25F3N2O6S/c1-18-14-21(32)8-11-24(18)19-6-9-23(10-7-19)43(40,41)36-27-5-3-2-4-20(27)15-28(36)30(37)35-12-13-42-22-16-25(33)29(31(38)39)26(34)17-22/h2-11,14,16-17,28H,12-13,15H2,1H3,(H,35,37)(H,38,39)/t28-/m0/s1. The third-order valence-corrected chi connectivity index (χ3v) is 8.88. The second-order valence-corrected chi connectivity index (χ2v) is 11.7. The zero-order valence-corrected chi connectivity index (χ0v) is 23.5. The molecule has 5 rings (SSSR count). The molecule has 43 heavy (non-hydrogen) atoms. The van der Waals surface area contributed by atoms with Crippen molar-refractivity contribution in [1.82, 2.24) is 5.32 Å². The number of halogens is 3. The molecule has 0 aliphatic carbocycles. The van der Waals surface area contributed by atoms with Gasteiger partial charge in [-0.3, -0.25) is 9.10 Å². The lowest BCUT2D eigenvalue weighted by atomic mass is 10.0. The topological polar surface area (TPSA) is 113 Å². The highest BCUT2D eigenvalue weighted by Gasteiger charge is 2.42. The van der Waals surface area contributed by atoms with Gasteiger partial charge in [0.25, 0.3) is 10.0 Å². The highest BCUT2D eigenvalue weighted by atomic mass is 32.2. The number of benzene rings is 4. The van der Waals surface area contributed by atoms with Crippen LogP contribution in [0.3, 0.4) is 0 Å². The van der Waals surface area contributed by atoms with Crippen LogP contribution in [-0.2, 0) is 21.2 Å². The molecule has 1 aliphatic heterocycles. The zero-order chi connectivity index (χ0) is 30.9. The number of nitrogens with zero attached hydrogens (tertiary/aromatic N) is 1. The molecule has 0 saturated heterocycles. The number of ether oxygens (including phenoxy) is 1. The van der Waals surface area contributed by atoms with Crippen molar-refractivity contribution in [2.24, 2.45) is 0 Å². The van der Waals surface area contributed by atoms with Crippen LogP contribution >= 0.6 is 0 Å². The van der Waals surface area contributed by atoms with Crippen LogP contribution in [-0.4, -0.2) is 44.6 Å². The quantitative estimate of drug-likeness (QED) is 0.255. The summed E-state index contributed by atoms with van der Waals surface area (Å²) in [5.41, 5.74) is 2.05. The van der Waals surface area contributed by atoms with Crippen LogP contribution in [0.2, 0.25) is 0 Å². The summed E-state index contributed by atoms with van der Waals surface area (Å²) in [4.78, 5) is 24.2. The molecule has 1 amide bonds. The Balaban J connectivity index is 1.32. The van der Waals surface area contributed by atoms with Crippen molar-refractivity contribution in [2.75, 3.05) is 17.5 Å². The van der Waals surface area contributed by atoms with Crippen LogP contribution in [0.15, 0.2) is 83.8 Å². The van der Waals surface area contributed by atoms with Crippen LogP contribution in [0, 0.1) is 24.4 Å². The normalized spacial score (nSPS) is 14.3. The summed E-state index contributed by atoms with van der Waals surface area (Å²) in [5.74, 6) is -5.63. The predicted molar refractivity (Wildman–Crippen MR) is 152 cm³/mol. The molecule has 2 N–H and O–H groups in total. The van der Waals surface area contributed by atoms with Gasteiger partial charge in [0.05, 0.1) is 17.1 Å². The Morgan fingerprint density at radius 2 is 1.65 bits per heavy atom. The van der Waals surface area contributed by atoms with Crippen molar-refractivity contribution < 1.29 is 41.0 Å². The molecule has 0 aromatic heterocycles. The van der Waals surface area contributed by atoms with Gasteiger partial charge >= 0.3 is 5.97 Å². The first-order valence-corrected chi connectivity index (χ1v) is 14.5. The number of rotatable bonds is 9. The number of carbonyl (C=O) groups is 2. The van der Waals surface area contributed by atoms with Gasteiger partial charge in [-0.1, -0.05) is 36.4 Å². The number of nitrogens with one attached hydrogen (secondary N) is 1. The number of carboxylic acid groups (broad SMARTS) is 1. The van der Waals surface area contributed by atoms with E-state index >= 15 is 0 Å². The Morgan fingerprint density at radius 3 is 2.30 bits per heavy atom. The average molecular weight is 611 g/mol. The molecule has 1 aliphatic rings. The van der Waals surface area contributed by atoms with E-state index in [-0.39, 0.29) is 36.0 Å². The maximum Gasteiger partial charge on any atom is 0.341 e. The van der Waals surface area contributed by atoms with Crippen LogP contribution in [0.25, 0.3) is 11.1 Å². The van der Waals surface area contributed by atoms with Gasteiger partial charge in [-0.15, -0.1) is 0 Å². The molecule has 0 saturated carbocycles. The summed E-state index contributed by atoms with van der Waals surface area (Å²) in [6.45, 7) is 1.40. The SMILES string of the molecule is Cc1cc(F)ccc1-c1ccc(S(=O)(=O)N2c3ccccc3C[C@H]2C(=O)NCCOc2cc(F)c(C(=O)O)c(F)c2)cc1. The molecule has 222 valence electrons. The monoisotopic (exact) mass is 610 g/mol. The molecule has 1 atom stereocenters. The van der Waals surface area contributed by atoms with E-state index in [9.17, 15) is 31.2 Å². The Labute approximate surface area is 245 Å². The predicted octanol–water partition coefficient (Wildman–Crippen LogP) is 5.09. The molecule has 0 fully saturated rings. The van der Waals surface area contributed by atoms with Gasteiger partial charge < -0.3 is 15.2 Å². The van der Waals surface area contributed by atoms with E-state index in [0.29, 0.717) is 22.4 Å². The van der Waals surface area contributed by atoms with Crippen LogP contribution in [0.5, 0.6) is 5.75 Å². The molecule has 4 aromatic rings. The molecule has 0 bridgehead atoms. The molecule has 1 heterocycles. The Morgan fingerprint density at radius 1 is 0.977 bits per heavy atom. The number of fused-ring (bicyclic) bond motifs is 1. The summed E-state index contributed by atoms with van der Waals surface area (Å²) in [7, 11) is -4.21. The first kappa shape index (κ1) is 29.6. The zero-order valence-electron chi connectivity index (χ0n) is 22.7. The van der Waals surface area contributed by atoms with Crippen molar-refractivity contribution >= 4 is 27.6 Å². The highest BCUT2D eigenvalue weighted by Crippen LogP contribution is 2.37. The number of carboxylic acids is 1. The van der Waals surface area contributed by atoms with E-state index < -0.39 is 45.1 Å². The maximum absolute atomic E-state index is 13.9. The van der Waals surface area contributed by atoms with Crippen molar-refractivity contribution in [3.8, 4) is 16.9 Å². The van der Waals surface area contributed by atoms with E-state index in [0.717, 1.165) is 22.0 Å². The smallest absolute Gasteiger partial charge is 0.341 e.